The van der Waals surface area contributed by atoms with E-state index in [-0.39, 0.29) is 28.6 Å². The molecule has 0 radical (unpaired) electrons. The molecule has 0 aliphatic rings. The van der Waals surface area contributed by atoms with Crippen molar-refractivity contribution in [3.05, 3.63) is 83.6 Å². The maximum Gasteiger partial charge on any atom is 0.263 e. The smallest absolute Gasteiger partial charge is 0.263 e. The van der Waals surface area contributed by atoms with Gasteiger partial charge >= 0.3 is 0 Å². The van der Waals surface area contributed by atoms with Gasteiger partial charge in [-0.15, -0.1) is 0 Å². The molecule has 2 aromatic carbocycles. The van der Waals surface area contributed by atoms with Crippen molar-refractivity contribution >= 4 is 15.8 Å². The van der Waals surface area contributed by atoms with Gasteiger partial charge in [0, 0.05) is 12.3 Å². The topological polar surface area (TPSA) is 68.3 Å². The van der Waals surface area contributed by atoms with E-state index in [0.717, 1.165) is 49.4 Å². The molecule has 1 N–H and O–H groups in total. The highest BCUT2D eigenvalue weighted by atomic mass is 32.2. The van der Waals surface area contributed by atoms with Gasteiger partial charge in [0.1, 0.15) is 18.2 Å². The largest absolute Gasteiger partial charge is 0.485 e. The van der Waals surface area contributed by atoms with E-state index in [1.165, 1.54) is 12.3 Å². The third-order valence-corrected chi connectivity index (χ3v) is 5.98. The molecule has 0 saturated carbocycles. The van der Waals surface area contributed by atoms with Crippen LogP contribution in [0.3, 0.4) is 0 Å². The lowest BCUT2D eigenvalue weighted by molar-refractivity contribution is 0.305. The minimum atomic E-state index is -3.89. The lowest BCUT2D eigenvalue weighted by atomic mass is 10.1. The molecule has 3 aromatic rings. The lowest BCUT2D eigenvalue weighted by Gasteiger charge is -2.13. The zero-order valence-corrected chi connectivity index (χ0v) is 18.0. The van der Waals surface area contributed by atoms with E-state index in [2.05, 4.69) is 16.6 Å². The minimum absolute atomic E-state index is 0.00797. The highest BCUT2D eigenvalue weighted by molar-refractivity contribution is 7.92. The van der Waals surface area contributed by atoms with Gasteiger partial charge < -0.3 is 4.74 Å². The van der Waals surface area contributed by atoms with E-state index in [1.54, 1.807) is 30.3 Å². The summed E-state index contributed by atoms with van der Waals surface area (Å²) in [5.74, 6) is -1.30. The number of nitrogens with zero attached hydrogens (tertiary/aromatic N) is 1. The molecule has 3 rings (SSSR count). The standard InChI is InChI=1S/C23H24F2N2O3S/c1-2-3-4-6-17-8-10-21(11-9-17)31(28,29)27-23-22(7-5-12-26-23)30-16-18-13-19(24)15-20(25)14-18/h5,7-15H,2-4,6,16H2,1H3,(H,26,27). The van der Waals surface area contributed by atoms with Gasteiger partial charge in [-0.3, -0.25) is 4.72 Å². The number of unbranched alkanes of at least 4 members (excludes halogenated alkanes) is 2. The maximum atomic E-state index is 13.4. The van der Waals surface area contributed by atoms with Gasteiger partial charge in [-0.05, 0) is 60.4 Å². The summed E-state index contributed by atoms with van der Waals surface area (Å²) in [5.41, 5.74) is 1.35. The first-order valence-electron chi connectivity index (χ1n) is 10.0. The molecule has 0 atom stereocenters. The normalized spacial score (nSPS) is 11.3. The second-order valence-corrected chi connectivity index (χ2v) is 8.81. The number of halogens is 2. The summed E-state index contributed by atoms with van der Waals surface area (Å²) in [4.78, 5) is 4.15. The Morgan fingerprint density at radius 1 is 0.968 bits per heavy atom. The monoisotopic (exact) mass is 446 g/mol. The molecule has 0 aliphatic carbocycles. The first-order chi connectivity index (χ1) is 14.9. The zero-order valence-electron chi connectivity index (χ0n) is 17.1. The molecule has 0 amide bonds. The fourth-order valence-corrected chi connectivity index (χ4v) is 4.06. The Bertz CT molecular complexity index is 1100. The highest BCUT2D eigenvalue weighted by Crippen LogP contribution is 2.25. The number of pyridine rings is 1. The number of hydrogen-bond donors (Lipinski definition) is 1. The molecule has 0 unspecified atom stereocenters. The number of benzene rings is 2. The van der Waals surface area contributed by atoms with Crippen LogP contribution in [0.5, 0.6) is 5.75 Å². The number of nitrogens with one attached hydrogen (secondary N) is 1. The van der Waals surface area contributed by atoms with E-state index in [0.29, 0.717) is 0 Å². The summed E-state index contributed by atoms with van der Waals surface area (Å²) in [6.07, 6.45) is 5.64. The molecule has 1 heterocycles. The average Bonchev–Trinajstić information content (AvgIpc) is 2.73. The first-order valence-corrected chi connectivity index (χ1v) is 11.5. The average molecular weight is 447 g/mol. The van der Waals surface area contributed by atoms with Crippen molar-refractivity contribution in [2.45, 2.75) is 44.1 Å². The van der Waals surface area contributed by atoms with E-state index >= 15 is 0 Å². The number of aryl methyl sites for hydroxylation is 1. The Kier molecular flexibility index (Phi) is 7.57. The maximum absolute atomic E-state index is 13.4. The van der Waals surface area contributed by atoms with Crippen molar-refractivity contribution < 1.29 is 21.9 Å². The molecule has 31 heavy (non-hydrogen) atoms. The summed E-state index contributed by atoms with van der Waals surface area (Å²) >= 11 is 0. The van der Waals surface area contributed by atoms with Gasteiger partial charge in [0.15, 0.2) is 11.6 Å². The lowest BCUT2D eigenvalue weighted by Crippen LogP contribution is -2.15. The summed E-state index contributed by atoms with van der Waals surface area (Å²) in [7, 11) is -3.89. The molecule has 5 nitrogen and oxygen atoms in total. The van der Waals surface area contributed by atoms with Crippen LogP contribution in [0.25, 0.3) is 0 Å². The quantitative estimate of drug-likeness (QED) is 0.419. The van der Waals surface area contributed by atoms with Gasteiger partial charge in [-0.25, -0.2) is 22.2 Å². The van der Waals surface area contributed by atoms with Crippen LogP contribution in [-0.2, 0) is 23.1 Å². The Morgan fingerprint density at radius 2 is 1.68 bits per heavy atom. The molecule has 0 bridgehead atoms. The van der Waals surface area contributed by atoms with Gasteiger partial charge in [0.05, 0.1) is 4.90 Å². The molecule has 8 heteroatoms. The van der Waals surface area contributed by atoms with Crippen LogP contribution in [-0.4, -0.2) is 13.4 Å². The van der Waals surface area contributed by atoms with Crippen LogP contribution in [0.1, 0.15) is 37.3 Å². The molecule has 0 fully saturated rings. The summed E-state index contributed by atoms with van der Waals surface area (Å²) < 4.78 is 60.3. The minimum Gasteiger partial charge on any atom is -0.485 e. The first kappa shape index (κ1) is 22.7. The number of anilines is 1. The van der Waals surface area contributed by atoms with Crippen LogP contribution in [0.4, 0.5) is 14.6 Å². The Hall–Kier alpha value is -3.00. The van der Waals surface area contributed by atoms with Gasteiger partial charge in [0.2, 0.25) is 0 Å². The number of rotatable bonds is 10. The SMILES string of the molecule is CCCCCc1ccc(S(=O)(=O)Nc2ncccc2OCc2cc(F)cc(F)c2)cc1. The predicted molar refractivity (Wildman–Crippen MR) is 115 cm³/mol. The zero-order chi connectivity index (χ0) is 22.3. The third kappa shape index (κ3) is 6.49. The van der Waals surface area contributed by atoms with Gasteiger partial charge in [-0.1, -0.05) is 31.9 Å². The number of aromatic nitrogens is 1. The van der Waals surface area contributed by atoms with Crippen molar-refractivity contribution in [3.8, 4) is 5.75 Å². The molecule has 1 aromatic heterocycles. The Balaban J connectivity index is 1.71. The van der Waals surface area contributed by atoms with E-state index in [9.17, 15) is 17.2 Å². The van der Waals surface area contributed by atoms with E-state index < -0.39 is 21.7 Å². The van der Waals surface area contributed by atoms with Crippen LogP contribution in [0.2, 0.25) is 0 Å². The van der Waals surface area contributed by atoms with E-state index in [4.69, 9.17) is 4.74 Å². The molecule has 0 saturated heterocycles. The molecule has 0 aliphatic heterocycles. The molecule has 164 valence electrons. The molecular weight excluding hydrogens is 422 g/mol. The van der Waals surface area contributed by atoms with Crippen LogP contribution in [0.15, 0.2) is 65.7 Å². The third-order valence-electron chi connectivity index (χ3n) is 4.62. The highest BCUT2D eigenvalue weighted by Gasteiger charge is 2.18. The fraction of sp³-hybridized carbons (Fsp3) is 0.261. The second-order valence-electron chi connectivity index (χ2n) is 7.12. The number of sulfonamides is 1. The predicted octanol–water partition coefficient (Wildman–Crippen LogP) is 5.47. The van der Waals surface area contributed by atoms with Crippen molar-refractivity contribution in [2.24, 2.45) is 0 Å². The summed E-state index contributed by atoms with van der Waals surface area (Å²) in [6, 6.07) is 12.9. The number of ether oxygens (including phenoxy) is 1. The second kappa shape index (κ2) is 10.3. The number of hydrogen-bond acceptors (Lipinski definition) is 4. The van der Waals surface area contributed by atoms with E-state index in [1.807, 2.05) is 0 Å². The Labute approximate surface area is 181 Å². The Morgan fingerprint density at radius 3 is 2.35 bits per heavy atom. The van der Waals surface area contributed by atoms with Gasteiger partial charge in [0.25, 0.3) is 10.0 Å². The van der Waals surface area contributed by atoms with Crippen molar-refractivity contribution in [2.75, 3.05) is 4.72 Å². The van der Waals surface area contributed by atoms with Gasteiger partial charge in [-0.2, -0.15) is 0 Å². The summed E-state index contributed by atoms with van der Waals surface area (Å²) in [6.45, 7) is 1.98. The van der Waals surface area contributed by atoms with Crippen LogP contribution < -0.4 is 9.46 Å². The summed E-state index contributed by atoms with van der Waals surface area (Å²) in [5, 5.41) is 0. The van der Waals surface area contributed by atoms with Crippen molar-refractivity contribution in [1.82, 2.24) is 4.98 Å². The van der Waals surface area contributed by atoms with Crippen LogP contribution in [0, 0.1) is 11.6 Å². The molecular formula is C23H24F2N2O3S. The van der Waals surface area contributed by atoms with Crippen molar-refractivity contribution in [3.63, 3.8) is 0 Å². The fourth-order valence-electron chi connectivity index (χ4n) is 3.04. The van der Waals surface area contributed by atoms with Crippen molar-refractivity contribution in [1.29, 1.82) is 0 Å². The van der Waals surface area contributed by atoms with Crippen LogP contribution >= 0.6 is 0 Å². The molecule has 0 spiro atoms.